The van der Waals surface area contributed by atoms with Crippen molar-refractivity contribution < 1.29 is 22.7 Å². The zero-order valence-corrected chi connectivity index (χ0v) is 20.1. The fourth-order valence-corrected chi connectivity index (χ4v) is 4.37. The molecular formula is C24H22ClN3O5S. The molecule has 0 aliphatic rings. The number of carbonyl (C=O) groups is 1. The highest BCUT2D eigenvalue weighted by Gasteiger charge is 2.21. The summed E-state index contributed by atoms with van der Waals surface area (Å²) in [4.78, 5) is 12.3. The maximum atomic E-state index is 12.9. The van der Waals surface area contributed by atoms with Crippen LogP contribution in [0.2, 0.25) is 5.02 Å². The highest BCUT2D eigenvalue weighted by atomic mass is 35.5. The van der Waals surface area contributed by atoms with Gasteiger partial charge in [-0.15, -0.1) is 0 Å². The molecule has 1 amide bonds. The average Bonchev–Trinajstić information content (AvgIpc) is 2.83. The van der Waals surface area contributed by atoms with E-state index >= 15 is 0 Å². The number of nitrogens with zero attached hydrogens (tertiary/aromatic N) is 2. The molecule has 8 nitrogen and oxygen atoms in total. The van der Waals surface area contributed by atoms with E-state index in [0.29, 0.717) is 35.0 Å². The molecule has 0 aliphatic carbocycles. The fraction of sp³-hybridized carbons (Fsp3) is 0.167. The lowest BCUT2D eigenvalue weighted by molar-refractivity contribution is -0.118. The molecule has 0 fully saturated rings. The first kappa shape index (κ1) is 24.9. The van der Waals surface area contributed by atoms with Gasteiger partial charge in [0.2, 0.25) is 0 Å². The average molecular weight is 500 g/mol. The van der Waals surface area contributed by atoms with Crippen LogP contribution in [0.4, 0.5) is 11.4 Å². The quantitative estimate of drug-likeness (QED) is 0.465. The minimum absolute atomic E-state index is 0.137. The highest BCUT2D eigenvalue weighted by molar-refractivity contribution is 7.92. The third-order valence-electron chi connectivity index (χ3n) is 4.74. The Labute approximate surface area is 203 Å². The Balaban J connectivity index is 1.60. The second-order valence-corrected chi connectivity index (χ2v) is 9.39. The molecule has 0 saturated heterocycles. The van der Waals surface area contributed by atoms with E-state index in [-0.39, 0.29) is 16.5 Å². The predicted molar refractivity (Wildman–Crippen MR) is 130 cm³/mol. The van der Waals surface area contributed by atoms with Gasteiger partial charge >= 0.3 is 0 Å². The molecule has 3 aromatic carbocycles. The number of amides is 1. The van der Waals surface area contributed by atoms with Crippen LogP contribution in [0, 0.1) is 11.3 Å². The molecule has 0 bridgehead atoms. The summed E-state index contributed by atoms with van der Waals surface area (Å²) >= 11 is 5.96. The highest BCUT2D eigenvalue weighted by Crippen LogP contribution is 2.26. The van der Waals surface area contributed by atoms with Crippen molar-refractivity contribution in [2.24, 2.45) is 0 Å². The van der Waals surface area contributed by atoms with Gasteiger partial charge < -0.3 is 14.8 Å². The Morgan fingerprint density at radius 3 is 2.24 bits per heavy atom. The van der Waals surface area contributed by atoms with Gasteiger partial charge in [-0.25, -0.2) is 8.42 Å². The van der Waals surface area contributed by atoms with E-state index in [2.05, 4.69) is 5.32 Å². The molecule has 0 atom stereocenters. The van der Waals surface area contributed by atoms with Crippen molar-refractivity contribution in [2.45, 2.75) is 11.8 Å². The largest absolute Gasteiger partial charge is 0.494 e. The minimum Gasteiger partial charge on any atom is -0.494 e. The molecule has 0 heterocycles. The van der Waals surface area contributed by atoms with Crippen LogP contribution in [0.1, 0.15) is 12.5 Å². The van der Waals surface area contributed by atoms with Gasteiger partial charge in [-0.1, -0.05) is 11.6 Å². The third-order valence-corrected chi connectivity index (χ3v) is 6.85. The maximum Gasteiger partial charge on any atom is 0.264 e. The van der Waals surface area contributed by atoms with Crippen LogP contribution in [0.25, 0.3) is 0 Å². The molecule has 0 spiro atoms. The summed E-state index contributed by atoms with van der Waals surface area (Å²) in [7, 11) is -2.31. The normalized spacial score (nSPS) is 10.8. The predicted octanol–water partition coefficient (Wildman–Crippen LogP) is 4.45. The molecule has 3 aromatic rings. The monoisotopic (exact) mass is 499 g/mol. The van der Waals surface area contributed by atoms with Crippen LogP contribution in [0.5, 0.6) is 11.5 Å². The lowest BCUT2D eigenvalue weighted by Crippen LogP contribution is -2.26. The summed E-state index contributed by atoms with van der Waals surface area (Å²) < 4.78 is 37.8. The summed E-state index contributed by atoms with van der Waals surface area (Å²) in [5, 5.41) is 11.8. The Hall–Kier alpha value is -3.74. The molecule has 176 valence electrons. The second kappa shape index (κ2) is 10.9. The van der Waals surface area contributed by atoms with Crippen molar-refractivity contribution in [1.29, 1.82) is 5.26 Å². The molecule has 0 aromatic heterocycles. The summed E-state index contributed by atoms with van der Waals surface area (Å²) in [5.74, 6) is 0.570. The Kier molecular flexibility index (Phi) is 7.99. The minimum atomic E-state index is -3.76. The van der Waals surface area contributed by atoms with Crippen LogP contribution in [0.3, 0.4) is 0 Å². The second-order valence-electron chi connectivity index (χ2n) is 7.01. The topological polar surface area (TPSA) is 109 Å². The van der Waals surface area contributed by atoms with E-state index in [0.717, 1.165) is 4.31 Å². The number of rotatable bonds is 9. The number of anilines is 2. The molecule has 1 N–H and O–H groups in total. The molecule has 10 heteroatoms. The van der Waals surface area contributed by atoms with Gasteiger partial charge in [0.1, 0.15) is 17.6 Å². The molecule has 34 heavy (non-hydrogen) atoms. The number of hydrogen-bond donors (Lipinski definition) is 1. The first-order valence-corrected chi connectivity index (χ1v) is 12.0. The number of halogens is 1. The molecule has 0 unspecified atom stereocenters. The van der Waals surface area contributed by atoms with Crippen molar-refractivity contribution >= 4 is 38.9 Å². The van der Waals surface area contributed by atoms with Gasteiger partial charge in [-0.05, 0) is 73.7 Å². The van der Waals surface area contributed by atoms with Gasteiger partial charge in [0, 0.05) is 12.7 Å². The van der Waals surface area contributed by atoms with E-state index in [9.17, 15) is 13.2 Å². The van der Waals surface area contributed by atoms with Crippen molar-refractivity contribution in [1.82, 2.24) is 0 Å². The van der Waals surface area contributed by atoms with E-state index in [1.165, 1.54) is 31.3 Å². The first-order chi connectivity index (χ1) is 16.2. The smallest absolute Gasteiger partial charge is 0.264 e. The van der Waals surface area contributed by atoms with E-state index in [1.54, 1.807) is 42.5 Å². The van der Waals surface area contributed by atoms with Crippen molar-refractivity contribution in [3.05, 3.63) is 77.3 Å². The Bertz CT molecular complexity index is 1300. The van der Waals surface area contributed by atoms with Gasteiger partial charge in [0.05, 0.1) is 27.8 Å². The molecule has 0 radical (unpaired) electrons. The SMILES string of the molecule is CCOc1ccc(S(=O)(=O)N(C)c2ccc(OCC(=O)Nc3ccc(C#N)c(Cl)c3)cc2)cc1. The van der Waals surface area contributed by atoms with Crippen LogP contribution in [0.15, 0.2) is 71.6 Å². The van der Waals surface area contributed by atoms with Crippen LogP contribution >= 0.6 is 11.6 Å². The Morgan fingerprint density at radius 2 is 1.65 bits per heavy atom. The van der Waals surface area contributed by atoms with E-state index in [4.69, 9.17) is 26.3 Å². The number of ether oxygens (including phenoxy) is 2. The van der Waals surface area contributed by atoms with Gasteiger partial charge in [-0.3, -0.25) is 9.10 Å². The number of nitrogens with one attached hydrogen (secondary N) is 1. The van der Waals surface area contributed by atoms with Crippen molar-refractivity contribution in [3.8, 4) is 17.6 Å². The zero-order chi connectivity index (χ0) is 24.7. The van der Waals surface area contributed by atoms with E-state index < -0.39 is 15.9 Å². The fourth-order valence-electron chi connectivity index (χ4n) is 2.95. The molecule has 0 saturated carbocycles. The Morgan fingerprint density at radius 1 is 1.03 bits per heavy atom. The van der Waals surface area contributed by atoms with Gasteiger partial charge in [-0.2, -0.15) is 5.26 Å². The summed E-state index contributed by atoms with van der Waals surface area (Å²) in [5.41, 5.74) is 1.18. The van der Waals surface area contributed by atoms with Gasteiger partial charge in [0.15, 0.2) is 6.61 Å². The number of hydrogen-bond acceptors (Lipinski definition) is 6. The summed E-state index contributed by atoms with van der Waals surface area (Å²) in [6, 6.07) is 19.0. The lowest BCUT2D eigenvalue weighted by atomic mass is 10.2. The maximum absolute atomic E-state index is 12.9. The molecular weight excluding hydrogens is 478 g/mol. The van der Waals surface area contributed by atoms with Crippen LogP contribution in [-0.4, -0.2) is 34.6 Å². The summed E-state index contributed by atoms with van der Waals surface area (Å²) in [6.07, 6.45) is 0. The van der Waals surface area contributed by atoms with Crippen molar-refractivity contribution in [2.75, 3.05) is 29.9 Å². The van der Waals surface area contributed by atoms with Crippen molar-refractivity contribution in [3.63, 3.8) is 0 Å². The number of nitriles is 1. The molecule has 3 rings (SSSR count). The molecule has 0 aliphatic heterocycles. The summed E-state index contributed by atoms with van der Waals surface area (Å²) in [6.45, 7) is 2.08. The van der Waals surface area contributed by atoms with Crippen LogP contribution in [-0.2, 0) is 14.8 Å². The number of carbonyl (C=O) groups excluding carboxylic acids is 1. The lowest BCUT2D eigenvalue weighted by Gasteiger charge is -2.20. The zero-order valence-electron chi connectivity index (χ0n) is 18.5. The van der Waals surface area contributed by atoms with Gasteiger partial charge in [0.25, 0.3) is 15.9 Å². The third kappa shape index (κ3) is 5.98. The first-order valence-electron chi connectivity index (χ1n) is 10.2. The number of benzene rings is 3. The standard InChI is InChI=1S/C24H22ClN3O5S/c1-3-32-20-10-12-22(13-11-20)34(30,31)28(2)19-6-8-21(9-7-19)33-16-24(29)27-18-5-4-17(15-26)23(25)14-18/h4-14H,3,16H2,1-2H3,(H,27,29). The van der Waals surface area contributed by atoms with Crippen LogP contribution < -0.4 is 19.1 Å². The van der Waals surface area contributed by atoms with E-state index in [1.807, 2.05) is 13.0 Å². The number of sulfonamides is 1.